The van der Waals surface area contributed by atoms with E-state index in [1.807, 2.05) is 30.5 Å². The van der Waals surface area contributed by atoms with Crippen LogP contribution >= 0.6 is 0 Å². The topological polar surface area (TPSA) is 122 Å². The second-order valence-corrected chi connectivity index (χ2v) is 7.59. The molecular weight excluding hydrogens is 504 g/mol. The van der Waals surface area contributed by atoms with Crippen molar-refractivity contribution < 1.29 is 55.6 Å². The lowest BCUT2D eigenvalue weighted by Gasteiger charge is -2.23. The molecule has 2 fully saturated rings. The SMILES string of the molecule is O=C(O)C(F)(F)F.O=C(O)C(F)(F)F.c1ccc(N2CCC3(CC(Oc4cccnc4)CO3)C2)nc1. The van der Waals surface area contributed by atoms with E-state index in [4.69, 9.17) is 29.3 Å². The van der Waals surface area contributed by atoms with Gasteiger partial charge in [-0.2, -0.15) is 26.3 Å². The molecule has 2 aliphatic rings. The molecule has 0 radical (unpaired) electrons. The largest absolute Gasteiger partial charge is 0.490 e. The van der Waals surface area contributed by atoms with Crippen molar-refractivity contribution in [3.8, 4) is 5.75 Å². The number of nitrogens with zero attached hydrogens (tertiary/aromatic N) is 3. The van der Waals surface area contributed by atoms with Gasteiger partial charge in [0.1, 0.15) is 17.7 Å². The van der Waals surface area contributed by atoms with Crippen LogP contribution in [0.3, 0.4) is 0 Å². The van der Waals surface area contributed by atoms with Crippen molar-refractivity contribution in [3.05, 3.63) is 48.9 Å². The van der Waals surface area contributed by atoms with Gasteiger partial charge in [0.25, 0.3) is 0 Å². The summed E-state index contributed by atoms with van der Waals surface area (Å²) >= 11 is 0. The van der Waals surface area contributed by atoms with Gasteiger partial charge in [0, 0.05) is 31.9 Å². The number of carboxylic acids is 2. The van der Waals surface area contributed by atoms with Crippen molar-refractivity contribution in [1.82, 2.24) is 9.97 Å². The molecule has 0 amide bonds. The molecule has 0 aromatic carbocycles. The van der Waals surface area contributed by atoms with Crippen LogP contribution < -0.4 is 9.64 Å². The fourth-order valence-corrected chi connectivity index (χ4v) is 3.35. The third-order valence-corrected chi connectivity index (χ3v) is 4.89. The summed E-state index contributed by atoms with van der Waals surface area (Å²) in [5.41, 5.74) is -0.0929. The predicted octanol–water partition coefficient (Wildman–Crippen LogP) is 3.56. The molecule has 4 heterocycles. The smallest absolute Gasteiger partial charge is 0.486 e. The second kappa shape index (κ2) is 11.9. The molecular formula is C21H21F6N3O6. The van der Waals surface area contributed by atoms with Gasteiger partial charge in [-0.15, -0.1) is 0 Å². The number of aliphatic carboxylic acids is 2. The summed E-state index contributed by atoms with van der Waals surface area (Å²) in [6, 6.07) is 9.85. The van der Waals surface area contributed by atoms with E-state index in [1.165, 1.54) is 0 Å². The highest BCUT2D eigenvalue weighted by Crippen LogP contribution is 2.37. The maximum absolute atomic E-state index is 10.6. The van der Waals surface area contributed by atoms with E-state index < -0.39 is 24.3 Å². The van der Waals surface area contributed by atoms with E-state index in [9.17, 15) is 26.3 Å². The zero-order chi connectivity index (χ0) is 27.0. The van der Waals surface area contributed by atoms with Gasteiger partial charge >= 0.3 is 24.3 Å². The number of ether oxygens (including phenoxy) is 2. The Morgan fingerprint density at radius 1 is 1.03 bits per heavy atom. The van der Waals surface area contributed by atoms with E-state index in [0.717, 1.165) is 37.5 Å². The van der Waals surface area contributed by atoms with Gasteiger partial charge in [-0.3, -0.25) is 4.98 Å². The van der Waals surface area contributed by atoms with E-state index in [0.29, 0.717) is 6.61 Å². The zero-order valence-electron chi connectivity index (χ0n) is 18.4. The van der Waals surface area contributed by atoms with Crippen LogP contribution in [0.25, 0.3) is 0 Å². The third kappa shape index (κ3) is 8.87. The first-order valence-corrected chi connectivity index (χ1v) is 10.2. The predicted molar refractivity (Wildman–Crippen MR) is 110 cm³/mol. The Bertz CT molecular complexity index is 969. The molecule has 2 saturated heterocycles. The fraction of sp³-hybridized carbons (Fsp3) is 0.429. The standard InChI is InChI=1S/C17H19N3O2.2C2HF3O2/c1-2-8-19-16(5-1)20-9-6-17(13-20)10-15(12-21-17)22-14-4-3-7-18-11-14;2*3-2(4,5)1(6)7/h1-5,7-8,11,15H,6,9-10,12-13H2;2*(H,6,7). The summed E-state index contributed by atoms with van der Waals surface area (Å²) in [6.45, 7) is 2.51. The van der Waals surface area contributed by atoms with Crippen molar-refractivity contribution in [2.75, 3.05) is 24.6 Å². The van der Waals surface area contributed by atoms with Crippen LogP contribution in [0, 0.1) is 0 Å². The summed E-state index contributed by atoms with van der Waals surface area (Å²) < 4.78 is 75.6. The highest BCUT2D eigenvalue weighted by Gasteiger charge is 2.46. The number of hydrogen-bond acceptors (Lipinski definition) is 7. The first-order valence-electron chi connectivity index (χ1n) is 10.2. The summed E-state index contributed by atoms with van der Waals surface area (Å²) in [6.07, 6.45) is -2.78. The fourth-order valence-electron chi connectivity index (χ4n) is 3.35. The Morgan fingerprint density at radius 3 is 2.17 bits per heavy atom. The highest BCUT2D eigenvalue weighted by molar-refractivity contribution is 5.73. The number of aromatic nitrogens is 2. The Kier molecular flexibility index (Phi) is 9.44. The lowest BCUT2D eigenvalue weighted by molar-refractivity contribution is -0.193. The summed E-state index contributed by atoms with van der Waals surface area (Å²) in [5.74, 6) is -3.67. The van der Waals surface area contributed by atoms with E-state index in [2.05, 4.69) is 20.9 Å². The molecule has 2 unspecified atom stereocenters. The number of halogens is 6. The molecule has 9 nitrogen and oxygen atoms in total. The monoisotopic (exact) mass is 525 g/mol. The van der Waals surface area contributed by atoms with Crippen LogP contribution in [-0.2, 0) is 14.3 Å². The van der Waals surface area contributed by atoms with Gasteiger partial charge in [-0.25, -0.2) is 14.6 Å². The third-order valence-electron chi connectivity index (χ3n) is 4.89. The van der Waals surface area contributed by atoms with Crippen molar-refractivity contribution in [3.63, 3.8) is 0 Å². The number of hydrogen-bond donors (Lipinski definition) is 2. The molecule has 15 heteroatoms. The van der Waals surface area contributed by atoms with Gasteiger partial charge in [0.05, 0.1) is 18.4 Å². The molecule has 2 aromatic rings. The summed E-state index contributed by atoms with van der Waals surface area (Å²) in [4.78, 5) is 28.6. The van der Waals surface area contributed by atoms with Gasteiger partial charge in [-0.1, -0.05) is 6.07 Å². The molecule has 36 heavy (non-hydrogen) atoms. The van der Waals surface area contributed by atoms with Gasteiger partial charge in [-0.05, 0) is 30.7 Å². The molecule has 198 valence electrons. The number of carbonyl (C=O) groups is 2. The van der Waals surface area contributed by atoms with Crippen molar-refractivity contribution in [2.24, 2.45) is 0 Å². The summed E-state index contributed by atoms with van der Waals surface area (Å²) in [5, 5.41) is 14.2. The number of pyridine rings is 2. The van der Waals surface area contributed by atoms with E-state index in [1.54, 1.807) is 12.4 Å². The van der Waals surface area contributed by atoms with Crippen LogP contribution in [0.4, 0.5) is 32.2 Å². The maximum Gasteiger partial charge on any atom is 0.490 e. The molecule has 0 bridgehead atoms. The second-order valence-electron chi connectivity index (χ2n) is 7.59. The van der Waals surface area contributed by atoms with Crippen LogP contribution in [0.1, 0.15) is 12.8 Å². The molecule has 2 aromatic heterocycles. The summed E-state index contributed by atoms with van der Waals surface area (Å²) in [7, 11) is 0. The Labute approximate surface area is 200 Å². The number of carboxylic acid groups (broad SMARTS) is 2. The minimum absolute atomic E-state index is 0.0929. The molecule has 2 N–H and O–H groups in total. The maximum atomic E-state index is 10.6. The first-order chi connectivity index (χ1) is 16.7. The van der Waals surface area contributed by atoms with Crippen LogP contribution in [0.5, 0.6) is 5.75 Å². The first kappa shape index (κ1) is 28.6. The number of anilines is 1. The lowest BCUT2D eigenvalue weighted by Crippen LogP contribution is -2.33. The quantitative estimate of drug-likeness (QED) is 0.580. The van der Waals surface area contributed by atoms with Gasteiger partial charge in [0.2, 0.25) is 0 Å². The molecule has 0 saturated carbocycles. The average molecular weight is 525 g/mol. The molecule has 2 atom stereocenters. The lowest BCUT2D eigenvalue weighted by atomic mass is 9.98. The normalized spacial score (nSPS) is 21.2. The van der Waals surface area contributed by atoms with E-state index >= 15 is 0 Å². The Morgan fingerprint density at radius 2 is 1.67 bits per heavy atom. The molecule has 0 aliphatic carbocycles. The van der Waals surface area contributed by atoms with Crippen LogP contribution in [-0.4, -0.2) is 75.9 Å². The Hall–Kier alpha value is -3.62. The van der Waals surface area contributed by atoms with Crippen molar-refractivity contribution in [2.45, 2.75) is 36.9 Å². The molecule has 4 rings (SSSR count). The minimum atomic E-state index is -5.08. The van der Waals surface area contributed by atoms with Gasteiger partial charge in [0.15, 0.2) is 0 Å². The van der Waals surface area contributed by atoms with Crippen LogP contribution in [0.15, 0.2) is 48.9 Å². The van der Waals surface area contributed by atoms with Crippen molar-refractivity contribution in [1.29, 1.82) is 0 Å². The van der Waals surface area contributed by atoms with Crippen LogP contribution in [0.2, 0.25) is 0 Å². The molecule has 2 aliphatic heterocycles. The van der Waals surface area contributed by atoms with E-state index in [-0.39, 0.29) is 11.7 Å². The molecule has 1 spiro atoms. The average Bonchev–Trinajstić information content (AvgIpc) is 3.41. The minimum Gasteiger partial charge on any atom is -0.486 e. The van der Waals surface area contributed by atoms with Gasteiger partial charge < -0.3 is 24.6 Å². The van der Waals surface area contributed by atoms with Crippen molar-refractivity contribution >= 4 is 17.8 Å². The zero-order valence-corrected chi connectivity index (χ0v) is 18.4. The number of rotatable bonds is 3. The number of alkyl halides is 6. The highest BCUT2D eigenvalue weighted by atomic mass is 19.4. The Balaban J connectivity index is 0.000000271.